The van der Waals surface area contributed by atoms with E-state index in [1.54, 1.807) is 0 Å². The van der Waals surface area contributed by atoms with Crippen LogP contribution in [0.25, 0.3) is 11.1 Å². The molecule has 0 fully saturated rings. The lowest BCUT2D eigenvalue weighted by Gasteiger charge is -2.21. The highest BCUT2D eigenvalue weighted by Crippen LogP contribution is 2.51. The number of aryl methyl sites for hydroxylation is 2. The van der Waals surface area contributed by atoms with Crippen molar-refractivity contribution in [3.63, 3.8) is 0 Å². The van der Waals surface area contributed by atoms with E-state index >= 15 is 0 Å². The lowest BCUT2D eigenvalue weighted by molar-refractivity contribution is -0.137. The van der Waals surface area contributed by atoms with Crippen molar-refractivity contribution in [3.05, 3.63) is 111 Å². The molecule has 39 heavy (non-hydrogen) atoms. The van der Waals surface area contributed by atoms with E-state index in [1.165, 1.54) is 5.56 Å². The van der Waals surface area contributed by atoms with Crippen LogP contribution in [-0.2, 0) is 11.4 Å². The van der Waals surface area contributed by atoms with Gasteiger partial charge in [-0.15, -0.1) is 0 Å². The number of carbonyl (C=O) groups is 1. The average Bonchev–Trinajstić information content (AvgIpc) is 3.21. The van der Waals surface area contributed by atoms with Crippen molar-refractivity contribution in [1.82, 2.24) is 0 Å². The Labute approximate surface area is 229 Å². The maximum absolute atomic E-state index is 11.6. The van der Waals surface area contributed by atoms with Crippen molar-refractivity contribution in [3.8, 4) is 22.6 Å². The number of benzene rings is 3. The Morgan fingerprint density at radius 3 is 2.44 bits per heavy atom. The van der Waals surface area contributed by atoms with Crippen molar-refractivity contribution >= 4 is 5.97 Å². The van der Waals surface area contributed by atoms with E-state index in [1.807, 2.05) is 36.4 Å². The molecule has 0 bridgehead atoms. The second kappa shape index (κ2) is 11.3. The summed E-state index contributed by atoms with van der Waals surface area (Å²) in [5.41, 5.74) is 9.05. The standard InChI is InChI=1S/C33H33NO5/c1-20-15-25(38-14-13-34-37)16-21(2)33(20)26-10-6-7-23(22(26)3)19-39-24-11-12-29-30(17-24)27-8-4-5-9-28(27)31(29)18-32(35)36/h4-12,15-17,27-28,31H,13-14,18-19H2,1-3H3,(H,35,36). The number of carboxylic acid groups (broad SMARTS) is 1. The van der Waals surface area contributed by atoms with Crippen LogP contribution in [0.4, 0.5) is 0 Å². The number of hydrogen-bond acceptors (Lipinski definition) is 5. The highest BCUT2D eigenvalue weighted by atomic mass is 16.5. The Hall–Kier alpha value is -4.19. The molecule has 3 aromatic carbocycles. The number of carboxylic acids is 1. The summed E-state index contributed by atoms with van der Waals surface area (Å²) in [4.78, 5) is 21.9. The second-order valence-corrected chi connectivity index (χ2v) is 10.4. The third-order valence-corrected chi connectivity index (χ3v) is 7.92. The van der Waals surface area contributed by atoms with Crippen molar-refractivity contribution in [2.75, 3.05) is 13.2 Å². The van der Waals surface area contributed by atoms with Crippen molar-refractivity contribution < 1.29 is 19.4 Å². The average molecular weight is 524 g/mol. The predicted molar refractivity (Wildman–Crippen MR) is 153 cm³/mol. The number of allylic oxidation sites excluding steroid dienone is 4. The van der Waals surface area contributed by atoms with Gasteiger partial charge in [-0.1, -0.05) is 53.7 Å². The van der Waals surface area contributed by atoms with Crippen LogP contribution in [0.1, 0.15) is 51.6 Å². The summed E-state index contributed by atoms with van der Waals surface area (Å²) in [6, 6.07) is 16.4. The number of nitroso groups, excluding NO2 is 1. The fourth-order valence-corrected chi connectivity index (χ4v) is 6.13. The summed E-state index contributed by atoms with van der Waals surface area (Å²) in [5, 5.41) is 12.3. The van der Waals surface area contributed by atoms with E-state index in [2.05, 4.69) is 62.4 Å². The molecule has 0 spiro atoms. The molecule has 200 valence electrons. The largest absolute Gasteiger partial charge is 0.492 e. The lowest BCUT2D eigenvalue weighted by atomic mass is 9.82. The Morgan fingerprint density at radius 1 is 0.923 bits per heavy atom. The number of nitrogens with zero attached hydrogens (tertiary/aromatic N) is 1. The first-order valence-corrected chi connectivity index (χ1v) is 13.3. The van der Waals surface area contributed by atoms with Crippen LogP contribution in [0, 0.1) is 31.6 Å². The fourth-order valence-electron chi connectivity index (χ4n) is 6.13. The molecule has 0 aromatic heterocycles. The van der Waals surface area contributed by atoms with Crippen LogP contribution < -0.4 is 9.47 Å². The molecule has 3 unspecified atom stereocenters. The SMILES string of the molecule is Cc1cc(OCCN=O)cc(C)c1-c1cccc(COc2ccc3c(c2)C2C=CC=CC2C3CC(=O)O)c1C. The van der Waals surface area contributed by atoms with Gasteiger partial charge < -0.3 is 14.6 Å². The maximum atomic E-state index is 11.6. The maximum Gasteiger partial charge on any atom is 0.303 e. The van der Waals surface area contributed by atoms with Gasteiger partial charge in [0.25, 0.3) is 0 Å². The molecule has 6 nitrogen and oxygen atoms in total. The van der Waals surface area contributed by atoms with Gasteiger partial charge in [0.15, 0.2) is 0 Å². The summed E-state index contributed by atoms with van der Waals surface area (Å²) < 4.78 is 12.0. The lowest BCUT2D eigenvalue weighted by Crippen LogP contribution is -2.13. The van der Waals surface area contributed by atoms with Gasteiger partial charge in [0.1, 0.15) is 31.3 Å². The Kier molecular flexibility index (Phi) is 7.64. The number of rotatable bonds is 10. The van der Waals surface area contributed by atoms with Gasteiger partial charge in [-0.2, -0.15) is 4.91 Å². The Bertz CT molecular complexity index is 1450. The van der Waals surface area contributed by atoms with E-state index in [4.69, 9.17) is 9.47 Å². The molecule has 0 amide bonds. The van der Waals surface area contributed by atoms with Crippen LogP contribution in [0.2, 0.25) is 0 Å². The van der Waals surface area contributed by atoms with Gasteiger partial charge in [0, 0.05) is 11.8 Å². The number of ether oxygens (including phenoxy) is 2. The minimum absolute atomic E-state index is 0.0263. The molecule has 6 heteroatoms. The third-order valence-electron chi connectivity index (χ3n) is 7.92. The molecule has 0 saturated carbocycles. The third kappa shape index (κ3) is 5.37. The molecule has 0 aliphatic heterocycles. The van der Waals surface area contributed by atoms with Gasteiger partial charge >= 0.3 is 5.97 Å². The molecule has 2 aliphatic rings. The first kappa shape index (κ1) is 26.4. The topological polar surface area (TPSA) is 85.2 Å². The van der Waals surface area contributed by atoms with E-state index < -0.39 is 5.97 Å². The van der Waals surface area contributed by atoms with Crippen molar-refractivity contribution in [2.45, 2.75) is 45.6 Å². The second-order valence-electron chi connectivity index (χ2n) is 10.4. The molecule has 3 aromatic rings. The summed E-state index contributed by atoms with van der Waals surface area (Å²) in [7, 11) is 0. The predicted octanol–water partition coefficient (Wildman–Crippen LogP) is 7.40. The normalized spacial score (nSPS) is 18.9. The molecule has 0 radical (unpaired) electrons. The summed E-state index contributed by atoms with van der Waals surface area (Å²) in [6.45, 7) is 7.09. The first-order chi connectivity index (χ1) is 18.9. The molecule has 5 rings (SSSR count). The minimum Gasteiger partial charge on any atom is -0.492 e. The minimum atomic E-state index is -0.770. The van der Waals surface area contributed by atoms with Gasteiger partial charge in [0.2, 0.25) is 0 Å². The summed E-state index contributed by atoms with van der Waals surface area (Å²) >= 11 is 0. The molecule has 2 aliphatic carbocycles. The van der Waals surface area contributed by atoms with E-state index in [0.717, 1.165) is 50.4 Å². The Morgan fingerprint density at radius 2 is 1.69 bits per heavy atom. The van der Waals surface area contributed by atoms with E-state index in [0.29, 0.717) is 6.61 Å². The zero-order valence-electron chi connectivity index (χ0n) is 22.5. The molecular formula is C33H33NO5. The molecule has 1 N–H and O–H groups in total. The summed E-state index contributed by atoms with van der Waals surface area (Å²) in [6.07, 6.45) is 8.49. The van der Waals surface area contributed by atoms with Crippen molar-refractivity contribution in [1.29, 1.82) is 0 Å². The number of fused-ring (bicyclic) bond motifs is 3. The van der Waals surface area contributed by atoms with E-state index in [-0.39, 0.29) is 37.3 Å². The summed E-state index contributed by atoms with van der Waals surface area (Å²) in [5.74, 6) is 1.07. The fraction of sp³-hybridized carbons (Fsp3) is 0.303. The van der Waals surface area contributed by atoms with Gasteiger partial charge in [-0.3, -0.25) is 4.79 Å². The van der Waals surface area contributed by atoms with Crippen molar-refractivity contribution in [2.24, 2.45) is 11.1 Å². The molecule has 0 heterocycles. The van der Waals surface area contributed by atoms with Gasteiger partial charge in [-0.05, 0) is 95.5 Å². The zero-order chi connectivity index (χ0) is 27.5. The van der Waals surface area contributed by atoms with E-state index in [9.17, 15) is 14.8 Å². The van der Waals surface area contributed by atoms with Gasteiger partial charge in [-0.25, -0.2) is 0 Å². The highest BCUT2D eigenvalue weighted by molar-refractivity contribution is 5.75. The Balaban J connectivity index is 1.37. The van der Waals surface area contributed by atoms with Gasteiger partial charge in [0.05, 0.1) is 6.42 Å². The van der Waals surface area contributed by atoms with Crippen LogP contribution >= 0.6 is 0 Å². The smallest absolute Gasteiger partial charge is 0.303 e. The monoisotopic (exact) mass is 523 g/mol. The van der Waals surface area contributed by atoms with Crippen LogP contribution in [-0.4, -0.2) is 24.2 Å². The first-order valence-electron chi connectivity index (χ1n) is 13.3. The van der Waals surface area contributed by atoms with Crippen LogP contribution in [0.3, 0.4) is 0 Å². The van der Waals surface area contributed by atoms with Crippen LogP contribution in [0.5, 0.6) is 11.5 Å². The number of hydrogen-bond donors (Lipinski definition) is 1. The van der Waals surface area contributed by atoms with Crippen LogP contribution in [0.15, 0.2) is 78.0 Å². The quantitative estimate of drug-likeness (QED) is 0.221. The molecular weight excluding hydrogens is 490 g/mol. The highest BCUT2D eigenvalue weighted by Gasteiger charge is 2.39. The molecule has 0 saturated heterocycles. The zero-order valence-corrected chi connectivity index (χ0v) is 22.5. The molecule has 3 atom stereocenters. The number of aliphatic carboxylic acids is 1.